The number of aliphatic hydroxyl groups is 1. The number of anilines is 1. The molecule has 3 N–H and O–H groups in total. The maximum Gasteiger partial charge on any atom is 0.0626 e. The van der Waals surface area contributed by atoms with Crippen molar-refractivity contribution in [3.8, 4) is 0 Å². The number of nitrogens with zero attached hydrogens (tertiary/aromatic N) is 2. The molecule has 0 aliphatic carbocycles. The van der Waals surface area contributed by atoms with Crippen LogP contribution in [0.25, 0.3) is 6.08 Å². The number of unbranched alkanes of at least 4 members (excludes halogenated alkanes) is 1. The number of hydrogen-bond donors (Lipinski definition) is 2. The Bertz CT molecular complexity index is 808. The van der Waals surface area contributed by atoms with Crippen LogP contribution >= 0.6 is 21.6 Å². The topological polar surface area (TPSA) is 61.8 Å². The molecule has 172 valence electrons. The predicted molar refractivity (Wildman–Crippen MR) is 146 cm³/mol. The van der Waals surface area contributed by atoms with Crippen LogP contribution in [0.1, 0.15) is 24.0 Å². The van der Waals surface area contributed by atoms with Gasteiger partial charge >= 0.3 is 0 Å². The third-order valence-corrected chi connectivity index (χ3v) is 6.98. The van der Waals surface area contributed by atoms with Crippen LogP contribution in [-0.2, 0) is 6.54 Å². The Morgan fingerprint density at radius 2 is 1.72 bits per heavy atom. The minimum atomic E-state index is 0.116. The Labute approximate surface area is 201 Å². The lowest BCUT2D eigenvalue weighted by Crippen LogP contribution is -2.25. The molecule has 0 spiro atoms. The molecule has 0 bridgehead atoms. The van der Waals surface area contributed by atoms with Crippen molar-refractivity contribution in [1.29, 1.82) is 0 Å². The van der Waals surface area contributed by atoms with E-state index in [9.17, 15) is 0 Å². The number of aliphatic imine (C=N–C) groups is 1. The summed E-state index contributed by atoms with van der Waals surface area (Å²) in [5.41, 5.74) is 9.35. The van der Waals surface area contributed by atoms with Gasteiger partial charge in [-0.05, 0) is 42.3 Å². The first-order chi connectivity index (χ1) is 15.8. The second-order valence-electron chi connectivity index (χ2n) is 7.11. The zero-order valence-corrected chi connectivity index (χ0v) is 20.3. The van der Waals surface area contributed by atoms with Gasteiger partial charge in [-0.1, -0.05) is 88.4 Å². The molecule has 2 aromatic rings. The van der Waals surface area contributed by atoms with Crippen molar-refractivity contribution in [2.45, 2.75) is 19.4 Å². The van der Waals surface area contributed by atoms with Crippen LogP contribution in [0.15, 0.2) is 77.8 Å². The fraction of sp³-hybridized carbons (Fsp3) is 0.346. The van der Waals surface area contributed by atoms with E-state index in [1.165, 1.54) is 16.8 Å². The highest BCUT2D eigenvalue weighted by Crippen LogP contribution is 2.23. The first kappa shape index (κ1) is 26.3. The van der Waals surface area contributed by atoms with Crippen molar-refractivity contribution >= 4 is 39.6 Å². The van der Waals surface area contributed by atoms with Gasteiger partial charge in [0.2, 0.25) is 0 Å². The van der Waals surface area contributed by atoms with Crippen molar-refractivity contribution < 1.29 is 5.11 Å². The van der Waals surface area contributed by atoms with Crippen LogP contribution in [0.5, 0.6) is 0 Å². The molecule has 4 nitrogen and oxygen atoms in total. The lowest BCUT2D eigenvalue weighted by Gasteiger charge is -2.25. The van der Waals surface area contributed by atoms with Gasteiger partial charge in [0.05, 0.1) is 13.2 Å². The maximum atomic E-state index is 8.68. The summed E-state index contributed by atoms with van der Waals surface area (Å²) in [6.45, 7) is 3.24. The number of rotatable bonds is 16. The van der Waals surface area contributed by atoms with Gasteiger partial charge in [0, 0.05) is 36.8 Å². The van der Waals surface area contributed by atoms with Gasteiger partial charge in [-0.2, -0.15) is 0 Å². The molecule has 0 amide bonds. The fourth-order valence-electron chi connectivity index (χ4n) is 2.97. The zero-order valence-electron chi connectivity index (χ0n) is 18.7. The summed E-state index contributed by atoms with van der Waals surface area (Å²) in [7, 11) is 3.75. The van der Waals surface area contributed by atoms with Crippen molar-refractivity contribution in [2.75, 3.05) is 42.6 Å². The Morgan fingerprint density at radius 3 is 2.47 bits per heavy atom. The summed E-state index contributed by atoms with van der Waals surface area (Å²) in [6.07, 6.45) is 12.1. The van der Waals surface area contributed by atoms with E-state index >= 15 is 0 Å². The summed E-state index contributed by atoms with van der Waals surface area (Å²) >= 11 is 0. The molecule has 0 aliphatic heterocycles. The lowest BCUT2D eigenvalue weighted by molar-refractivity contribution is 0.307. The van der Waals surface area contributed by atoms with Gasteiger partial charge in [-0.25, -0.2) is 0 Å². The van der Waals surface area contributed by atoms with Crippen molar-refractivity contribution in [3.63, 3.8) is 0 Å². The number of aliphatic hydroxyl groups excluding tert-OH is 1. The van der Waals surface area contributed by atoms with Crippen LogP contribution in [0.4, 0.5) is 5.69 Å². The number of allylic oxidation sites excluding steroid dienone is 3. The SMILES string of the molecule is NCCSSCCN(Cc1ccccc1)c1ccc(/C=C/C=C/CCC=NCCO)cc1. The standard InChI is InChI=1S/C26H35N3OS2/c27-16-21-31-32-22-19-29(23-25-10-6-4-7-11-25)26-14-12-24(13-15-26)9-5-2-1-3-8-17-28-18-20-30/h1-2,4-7,9-15,17,30H,3,8,16,18-23,27H2/b2-1+,9-5+,28-17?. The van der Waals surface area contributed by atoms with Crippen LogP contribution < -0.4 is 10.6 Å². The summed E-state index contributed by atoms with van der Waals surface area (Å²) in [6, 6.07) is 19.4. The largest absolute Gasteiger partial charge is 0.394 e. The molecule has 0 aromatic heterocycles. The van der Waals surface area contributed by atoms with Gasteiger partial charge in [0.1, 0.15) is 0 Å². The molecular formula is C26H35N3OS2. The van der Waals surface area contributed by atoms with E-state index in [-0.39, 0.29) is 6.61 Å². The highest BCUT2D eigenvalue weighted by molar-refractivity contribution is 8.76. The molecule has 0 fully saturated rings. The van der Waals surface area contributed by atoms with Crippen LogP contribution in [0.2, 0.25) is 0 Å². The Morgan fingerprint density at radius 1 is 0.938 bits per heavy atom. The Hall–Kier alpha value is -1.99. The monoisotopic (exact) mass is 469 g/mol. The summed E-state index contributed by atoms with van der Waals surface area (Å²) in [4.78, 5) is 6.54. The van der Waals surface area contributed by atoms with Crippen LogP contribution in [0, 0.1) is 0 Å². The molecule has 0 saturated heterocycles. The Balaban J connectivity index is 1.89. The van der Waals surface area contributed by atoms with Crippen LogP contribution in [-0.4, -0.2) is 49.1 Å². The third kappa shape index (κ3) is 11.6. The molecule has 2 aromatic carbocycles. The summed E-state index contributed by atoms with van der Waals surface area (Å²) in [5.74, 6) is 2.06. The van der Waals surface area contributed by atoms with Crippen LogP contribution in [0.3, 0.4) is 0 Å². The normalized spacial score (nSPS) is 11.8. The van der Waals surface area contributed by atoms with E-state index in [1.807, 2.05) is 27.8 Å². The first-order valence-electron chi connectivity index (χ1n) is 11.1. The van der Waals surface area contributed by atoms with Gasteiger partial charge < -0.3 is 15.7 Å². The third-order valence-electron chi connectivity index (χ3n) is 4.56. The first-order valence-corrected chi connectivity index (χ1v) is 13.6. The second-order valence-corrected chi connectivity index (χ2v) is 9.81. The highest BCUT2D eigenvalue weighted by atomic mass is 33.1. The fourth-order valence-corrected chi connectivity index (χ4v) is 4.81. The smallest absolute Gasteiger partial charge is 0.0626 e. The van der Waals surface area contributed by atoms with E-state index in [1.54, 1.807) is 0 Å². The minimum Gasteiger partial charge on any atom is -0.394 e. The summed E-state index contributed by atoms with van der Waals surface area (Å²) in [5, 5.41) is 8.68. The van der Waals surface area contributed by atoms with E-state index in [0.717, 1.165) is 44.0 Å². The molecule has 0 heterocycles. The van der Waals surface area contributed by atoms with E-state index in [4.69, 9.17) is 10.8 Å². The van der Waals surface area contributed by atoms with Gasteiger partial charge in [-0.3, -0.25) is 4.99 Å². The molecule has 0 unspecified atom stereocenters. The minimum absolute atomic E-state index is 0.116. The van der Waals surface area contributed by atoms with E-state index in [2.05, 4.69) is 88.8 Å². The summed E-state index contributed by atoms with van der Waals surface area (Å²) < 4.78 is 0. The number of nitrogens with two attached hydrogens (primary N) is 1. The molecule has 0 radical (unpaired) electrons. The van der Waals surface area contributed by atoms with Gasteiger partial charge in [-0.15, -0.1) is 0 Å². The van der Waals surface area contributed by atoms with Crippen molar-refractivity contribution in [3.05, 3.63) is 84.0 Å². The number of hydrogen-bond acceptors (Lipinski definition) is 6. The zero-order chi connectivity index (χ0) is 22.7. The average Bonchev–Trinajstić information content (AvgIpc) is 2.83. The lowest BCUT2D eigenvalue weighted by atomic mass is 10.1. The quantitative estimate of drug-likeness (QED) is 0.148. The molecule has 2 rings (SSSR count). The van der Waals surface area contributed by atoms with Crippen molar-refractivity contribution in [2.24, 2.45) is 10.7 Å². The molecule has 0 aliphatic rings. The second kappa shape index (κ2) is 17.6. The predicted octanol–water partition coefficient (Wildman–Crippen LogP) is 5.45. The maximum absolute atomic E-state index is 8.68. The van der Waals surface area contributed by atoms with Gasteiger partial charge in [0.15, 0.2) is 0 Å². The average molecular weight is 470 g/mol. The molecular weight excluding hydrogens is 434 g/mol. The number of benzene rings is 2. The van der Waals surface area contributed by atoms with E-state index < -0.39 is 0 Å². The Kier molecular flexibility index (Phi) is 14.4. The molecule has 0 atom stereocenters. The molecule has 32 heavy (non-hydrogen) atoms. The van der Waals surface area contributed by atoms with Crippen molar-refractivity contribution in [1.82, 2.24) is 0 Å². The molecule has 0 saturated carbocycles. The highest BCUT2D eigenvalue weighted by Gasteiger charge is 2.07. The molecule has 6 heteroatoms. The van der Waals surface area contributed by atoms with Gasteiger partial charge in [0.25, 0.3) is 0 Å². The van der Waals surface area contributed by atoms with E-state index in [0.29, 0.717) is 6.54 Å².